The molecule has 2 aromatic carbocycles. The molecule has 1 saturated heterocycles. The number of hydrogen-bond acceptors (Lipinski definition) is 6. The maximum Gasteiger partial charge on any atom is 0.223 e. The van der Waals surface area contributed by atoms with Crippen LogP contribution in [0.4, 0.5) is 11.6 Å². The van der Waals surface area contributed by atoms with Crippen molar-refractivity contribution in [3.05, 3.63) is 70.9 Å². The molecule has 1 aliphatic heterocycles. The largest absolute Gasteiger partial charge is 0.398 e. The fourth-order valence-corrected chi connectivity index (χ4v) is 4.03. The molecule has 4 N–H and O–H groups in total. The van der Waals surface area contributed by atoms with E-state index in [-0.39, 0.29) is 0 Å². The first-order valence-electron chi connectivity index (χ1n) is 10.7. The number of halogens is 1. The van der Waals surface area contributed by atoms with Gasteiger partial charge in [-0.3, -0.25) is 4.90 Å². The normalized spacial score (nSPS) is 16.9. The Bertz CT molecular complexity index is 1020. The highest BCUT2D eigenvalue weighted by Crippen LogP contribution is 2.22. The molecule has 0 aliphatic carbocycles. The number of piperazine rings is 1. The van der Waals surface area contributed by atoms with Crippen LogP contribution in [0.3, 0.4) is 0 Å². The molecular weight excluding hydrogens is 408 g/mol. The van der Waals surface area contributed by atoms with Gasteiger partial charge in [-0.15, -0.1) is 0 Å². The van der Waals surface area contributed by atoms with E-state index in [1.54, 1.807) is 6.20 Å². The van der Waals surface area contributed by atoms with Crippen molar-refractivity contribution < 1.29 is 0 Å². The van der Waals surface area contributed by atoms with Gasteiger partial charge in [-0.1, -0.05) is 35.9 Å². The Labute approximate surface area is 188 Å². The van der Waals surface area contributed by atoms with Crippen LogP contribution >= 0.6 is 11.6 Å². The van der Waals surface area contributed by atoms with Crippen molar-refractivity contribution in [1.29, 1.82) is 0 Å². The quantitative estimate of drug-likeness (QED) is 0.488. The van der Waals surface area contributed by atoms with Crippen LogP contribution in [0.1, 0.15) is 18.1 Å². The second-order valence-electron chi connectivity index (χ2n) is 8.02. The number of aromatic nitrogens is 2. The van der Waals surface area contributed by atoms with Gasteiger partial charge in [0.2, 0.25) is 5.95 Å². The fourth-order valence-electron chi connectivity index (χ4n) is 3.83. The van der Waals surface area contributed by atoms with Gasteiger partial charge in [0, 0.05) is 50.5 Å². The zero-order valence-electron chi connectivity index (χ0n) is 17.8. The molecule has 0 radical (unpaired) electrons. The van der Waals surface area contributed by atoms with Crippen molar-refractivity contribution in [2.24, 2.45) is 0 Å². The minimum absolute atomic E-state index is 0.545. The Balaban J connectivity index is 1.40. The highest BCUT2D eigenvalue weighted by Gasteiger charge is 2.18. The van der Waals surface area contributed by atoms with E-state index in [9.17, 15) is 0 Å². The van der Waals surface area contributed by atoms with Crippen LogP contribution in [-0.2, 0) is 13.0 Å². The molecule has 1 atom stereocenters. The Morgan fingerprint density at radius 1 is 1.19 bits per heavy atom. The van der Waals surface area contributed by atoms with E-state index in [4.69, 9.17) is 22.3 Å². The lowest BCUT2D eigenvalue weighted by atomic mass is 10.1. The molecule has 0 amide bonds. The van der Waals surface area contributed by atoms with Gasteiger partial charge >= 0.3 is 0 Å². The zero-order chi connectivity index (χ0) is 21.6. The van der Waals surface area contributed by atoms with Crippen molar-refractivity contribution in [3.63, 3.8) is 0 Å². The van der Waals surface area contributed by atoms with Gasteiger partial charge in [0.1, 0.15) is 0 Å². The summed E-state index contributed by atoms with van der Waals surface area (Å²) in [4.78, 5) is 11.6. The lowest BCUT2D eigenvalue weighted by molar-refractivity contribution is 0.165. The monoisotopic (exact) mass is 436 g/mol. The van der Waals surface area contributed by atoms with E-state index >= 15 is 0 Å². The number of nitrogens with zero attached hydrogens (tertiary/aromatic N) is 3. The summed E-state index contributed by atoms with van der Waals surface area (Å²) in [5.41, 5.74) is 10.8. The topological polar surface area (TPSA) is 79.1 Å². The van der Waals surface area contributed by atoms with Crippen molar-refractivity contribution in [2.75, 3.05) is 37.2 Å². The third-order valence-corrected chi connectivity index (χ3v) is 5.99. The minimum atomic E-state index is 0.545. The van der Waals surface area contributed by atoms with Crippen LogP contribution in [0.2, 0.25) is 5.02 Å². The molecule has 0 saturated carbocycles. The molecule has 1 aliphatic rings. The van der Waals surface area contributed by atoms with Gasteiger partial charge in [0.15, 0.2) is 0 Å². The number of nitrogen functional groups attached to an aromatic ring is 1. The summed E-state index contributed by atoms with van der Waals surface area (Å²) in [5.74, 6) is 0.625. The molecule has 1 aromatic heterocycles. The number of hydrogen-bond donors (Lipinski definition) is 3. The van der Waals surface area contributed by atoms with Gasteiger partial charge in [-0.25, -0.2) is 9.97 Å². The average molecular weight is 437 g/mol. The smallest absolute Gasteiger partial charge is 0.223 e. The van der Waals surface area contributed by atoms with Crippen LogP contribution in [0.25, 0.3) is 11.3 Å². The number of rotatable bonds is 7. The third kappa shape index (κ3) is 5.73. The summed E-state index contributed by atoms with van der Waals surface area (Å²) in [7, 11) is 0. The molecule has 31 heavy (non-hydrogen) atoms. The highest BCUT2D eigenvalue weighted by atomic mass is 35.5. The zero-order valence-corrected chi connectivity index (χ0v) is 18.6. The van der Waals surface area contributed by atoms with Crippen molar-refractivity contribution in [3.8, 4) is 11.3 Å². The van der Waals surface area contributed by atoms with Gasteiger partial charge in [-0.2, -0.15) is 0 Å². The van der Waals surface area contributed by atoms with Crippen LogP contribution in [-0.4, -0.2) is 47.1 Å². The van der Waals surface area contributed by atoms with Crippen molar-refractivity contribution >= 4 is 23.2 Å². The fraction of sp³-hybridized carbons (Fsp3) is 0.333. The van der Waals surface area contributed by atoms with Crippen LogP contribution < -0.4 is 16.4 Å². The second-order valence-corrected chi connectivity index (χ2v) is 8.43. The number of anilines is 2. The number of nitrogens with one attached hydrogen (secondary N) is 2. The average Bonchev–Trinajstić information content (AvgIpc) is 2.78. The van der Waals surface area contributed by atoms with Gasteiger partial charge in [0.05, 0.1) is 16.4 Å². The van der Waals surface area contributed by atoms with Crippen LogP contribution in [0.5, 0.6) is 0 Å². The molecule has 0 bridgehead atoms. The van der Waals surface area contributed by atoms with Gasteiger partial charge in [-0.05, 0) is 48.7 Å². The summed E-state index contributed by atoms with van der Waals surface area (Å²) >= 11 is 6.10. The van der Waals surface area contributed by atoms with E-state index in [0.29, 0.717) is 29.2 Å². The lowest BCUT2D eigenvalue weighted by Gasteiger charge is -2.33. The molecule has 1 unspecified atom stereocenters. The first kappa shape index (κ1) is 21.6. The Hall–Kier alpha value is -2.67. The van der Waals surface area contributed by atoms with Crippen molar-refractivity contribution in [2.45, 2.75) is 25.9 Å². The third-order valence-electron chi connectivity index (χ3n) is 5.66. The van der Waals surface area contributed by atoms with E-state index in [0.717, 1.165) is 49.4 Å². The summed E-state index contributed by atoms with van der Waals surface area (Å²) in [6.45, 7) is 7.11. The SMILES string of the molecule is CC1CNCCN1Cc1cccc(-c2ccnc(NCCc3ccc(N)c(Cl)c3)n2)c1. The standard InChI is InChI=1S/C24H29ClN6/c1-17-15-27-11-12-31(17)16-19-3-2-4-20(13-19)23-8-10-29-24(30-23)28-9-7-18-5-6-22(26)21(25)14-18/h2-6,8,10,13-14,17,27H,7,9,11-12,15-16,26H2,1H3,(H,28,29,30). The predicted molar refractivity (Wildman–Crippen MR) is 128 cm³/mol. The van der Waals surface area contributed by atoms with E-state index in [1.165, 1.54) is 5.56 Å². The van der Waals surface area contributed by atoms with Crippen LogP contribution in [0, 0.1) is 0 Å². The van der Waals surface area contributed by atoms with Crippen LogP contribution in [0.15, 0.2) is 54.7 Å². The maximum atomic E-state index is 6.10. The second kappa shape index (κ2) is 10.1. The number of benzene rings is 2. The molecule has 2 heterocycles. The molecule has 3 aromatic rings. The molecule has 1 fully saturated rings. The Morgan fingerprint density at radius 2 is 2.10 bits per heavy atom. The summed E-state index contributed by atoms with van der Waals surface area (Å²) < 4.78 is 0. The first-order chi connectivity index (χ1) is 15.1. The summed E-state index contributed by atoms with van der Waals surface area (Å²) in [5, 5.41) is 7.35. The van der Waals surface area contributed by atoms with Gasteiger partial charge in [0.25, 0.3) is 0 Å². The molecule has 7 heteroatoms. The molecule has 4 rings (SSSR count). The number of nitrogens with two attached hydrogens (primary N) is 1. The molecule has 162 valence electrons. The lowest BCUT2D eigenvalue weighted by Crippen LogP contribution is -2.49. The summed E-state index contributed by atoms with van der Waals surface area (Å²) in [6.07, 6.45) is 2.61. The predicted octanol–water partition coefficient (Wildman–Crippen LogP) is 3.83. The highest BCUT2D eigenvalue weighted by molar-refractivity contribution is 6.33. The summed E-state index contributed by atoms with van der Waals surface area (Å²) in [6, 6.07) is 16.9. The molecular formula is C24H29ClN6. The van der Waals surface area contributed by atoms with E-state index < -0.39 is 0 Å². The Morgan fingerprint density at radius 3 is 2.94 bits per heavy atom. The van der Waals surface area contributed by atoms with Gasteiger partial charge < -0.3 is 16.4 Å². The molecule has 6 nitrogen and oxygen atoms in total. The maximum absolute atomic E-state index is 6.10. The molecule has 0 spiro atoms. The van der Waals surface area contributed by atoms with E-state index in [1.807, 2.05) is 24.3 Å². The minimum Gasteiger partial charge on any atom is -0.398 e. The van der Waals surface area contributed by atoms with Crippen molar-refractivity contribution in [1.82, 2.24) is 20.2 Å². The van der Waals surface area contributed by atoms with E-state index in [2.05, 4.69) is 51.7 Å². The Kier molecular flexibility index (Phi) is 7.02. The first-order valence-corrected chi connectivity index (χ1v) is 11.1.